The molecular weight excluding hydrogens is 320 g/mol. The summed E-state index contributed by atoms with van der Waals surface area (Å²) in [5.74, 6) is -0.206. The molecule has 1 aliphatic heterocycles. The van der Waals surface area contributed by atoms with Gasteiger partial charge in [0.15, 0.2) is 5.69 Å². The molecule has 3 rings (SSSR count). The molecule has 0 radical (unpaired) electrons. The number of anilines is 1. The first-order chi connectivity index (χ1) is 11.1. The van der Waals surface area contributed by atoms with Gasteiger partial charge in [-0.1, -0.05) is 17.7 Å². The number of halogens is 1. The number of aromatic nitrogens is 2. The first kappa shape index (κ1) is 15.5. The number of hydrogen-bond acceptors (Lipinski definition) is 4. The molecule has 1 aliphatic rings. The second-order valence-corrected chi connectivity index (χ2v) is 5.43. The Morgan fingerprint density at radius 2 is 2.00 bits per heavy atom. The Bertz CT molecular complexity index is 725. The lowest BCUT2D eigenvalue weighted by Crippen LogP contribution is -2.41. The number of nitrogens with zero attached hydrogens (tertiary/aromatic N) is 3. The molecule has 1 aromatic heterocycles. The average Bonchev–Trinajstić information content (AvgIpc) is 3.05. The predicted octanol–water partition coefficient (Wildman–Crippen LogP) is 2.09. The molecular formula is C15H15ClN4O3. The maximum Gasteiger partial charge on any atom is 0.346 e. The van der Waals surface area contributed by atoms with Gasteiger partial charge in [-0.3, -0.25) is 4.79 Å². The Balaban J connectivity index is 1.68. The highest BCUT2D eigenvalue weighted by Gasteiger charge is 2.21. The van der Waals surface area contributed by atoms with Crippen LogP contribution in [0.4, 0.5) is 10.5 Å². The van der Waals surface area contributed by atoms with Crippen molar-refractivity contribution in [1.82, 2.24) is 14.7 Å². The van der Waals surface area contributed by atoms with Crippen LogP contribution in [-0.2, 0) is 4.74 Å². The summed E-state index contributed by atoms with van der Waals surface area (Å²) >= 11 is 5.87. The third kappa shape index (κ3) is 3.69. The first-order valence-corrected chi connectivity index (χ1v) is 7.51. The van der Waals surface area contributed by atoms with Crippen LogP contribution in [0.2, 0.25) is 5.02 Å². The van der Waals surface area contributed by atoms with Crippen LogP contribution in [0.25, 0.3) is 0 Å². The van der Waals surface area contributed by atoms with E-state index < -0.39 is 6.03 Å². The zero-order valence-corrected chi connectivity index (χ0v) is 13.0. The SMILES string of the molecule is O=C(c1ccn(C(=O)Nc2cccc(Cl)c2)n1)N1CCOCC1. The Morgan fingerprint density at radius 1 is 1.22 bits per heavy atom. The summed E-state index contributed by atoms with van der Waals surface area (Å²) in [5.41, 5.74) is 0.784. The summed E-state index contributed by atoms with van der Waals surface area (Å²) in [5, 5.41) is 7.23. The van der Waals surface area contributed by atoms with Gasteiger partial charge < -0.3 is 15.0 Å². The molecule has 0 unspecified atom stereocenters. The van der Waals surface area contributed by atoms with Crippen molar-refractivity contribution in [3.05, 3.63) is 47.2 Å². The maximum atomic E-state index is 12.3. The number of benzene rings is 1. The summed E-state index contributed by atoms with van der Waals surface area (Å²) in [6.45, 7) is 2.09. The van der Waals surface area contributed by atoms with Gasteiger partial charge in [0, 0.05) is 30.0 Å². The average molecular weight is 335 g/mol. The summed E-state index contributed by atoms with van der Waals surface area (Å²) < 4.78 is 6.30. The van der Waals surface area contributed by atoms with Crippen molar-refractivity contribution >= 4 is 29.2 Å². The van der Waals surface area contributed by atoms with Crippen LogP contribution >= 0.6 is 11.6 Å². The molecule has 0 atom stereocenters. The largest absolute Gasteiger partial charge is 0.378 e. The monoisotopic (exact) mass is 334 g/mol. The molecule has 23 heavy (non-hydrogen) atoms. The van der Waals surface area contributed by atoms with E-state index in [0.29, 0.717) is 37.0 Å². The van der Waals surface area contributed by atoms with E-state index in [2.05, 4.69) is 10.4 Å². The number of carbonyl (C=O) groups excluding carboxylic acids is 2. The molecule has 1 N–H and O–H groups in total. The van der Waals surface area contributed by atoms with Gasteiger partial charge in [-0.15, -0.1) is 0 Å². The van der Waals surface area contributed by atoms with Gasteiger partial charge in [0.05, 0.1) is 13.2 Å². The first-order valence-electron chi connectivity index (χ1n) is 7.13. The lowest BCUT2D eigenvalue weighted by atomic mass is 10.3. The maximum absolute atomic E-state index is 12.3. The quantitative estimate of drug-likeness (QED) is 0.912. The van der Waals surface area contributed by atoms with E-state index in [1.54, 1.807) is 29.2 Å². The van der Waals surface area contributed by atoms with Crippen molar-refractivity contribution in [2.45, 2.75) is 0 Å². The van der Waals surface area contributed by atoms with E-state index in [1.165, 1.54) is 12.3 Å². The van der Waals surface area contributed by atoms with E-state index >= 15 is 0 Å². The topological polar surface area (TPSA) is 76.5 Å². The van der Waals surface area contributed by atoms with Crippen LogP contribution in [-0.4, -0.2) is 52.9 Å². The molecule has 0 spiro atoms. The van der Waals surface area contributed by atoms with E-state index in [1.807, 2.05) is 0 Å². The predicted molar refractivity (Wildman–Crippen MR) is 84.8 cm³/mol. The van der Waals surface area contributed by atoms with E-state index in [4.69, 9.17) is 16.3 Å². The standard InChI is InChI=1S/C15H15ClN4O3/c16-11-2-1-3-12(10-11)17-15(22)20-5-4-13(18-20)14(21)19-6-8-23-9-7-19/h1-5,10H,6-9H2,(H,17,22). The highest BCUT2D eigenvalue weighted by molar-refractivity contribution is 6.30. The van der Waals surface area contributed by atoms with Gasteiger partial charge in [-0.2, -0.15) is 9.78 Å². The van der Waals surface area contributed by atoms with Crippen molar-refractivity contribution in [3.63, 3.8) is 0 Å². The van der Waals surface area contributed by atoms with Gasteiger partial charge >= 0.3 is 6.03 Å². The third-order valence-electron chi connectivity index (χ3n) is 3.39. The van der Waals surface area contributed by atoms with Crippen molar-refractivity contribution in [3.8, 4) is 0 Å². The van der Waals surface area contributed by atoms with E-state index in [-0.39, 0.29) is 11.6 Å². The van der Waals surface area contributed by atoms with Gasteiger partial charge in [0.1, 0.15) is 0 Å². The smallest absolute Gasteiger partial charge is 0.346 e. The molecule has 0 bridgehead atoms. The number of carbonyl (C=O) groups is 2. The summed E-state index contributed by atoms with van der Waals surface area (Å²) in [6, 6.07) is 7.84. The number of amides is 2. The highest BCUT2D eigenvalue weighted by atomic mass is 35.5. The molecule has 2 amide bonds. The minimum absolute atomic E-state index is 0.206. The summed E-state index contributed by atoms with van der Waals surface area (Å²) in [7, 11) is 0. The zero-order valence-electron chi connectivity index (χ0n) is 12.2. The van der Waals surface area contributed by atoms with E-state index in [0.717, 1.165) is 4.68 Å². The third-order valence-corrected chi connectivity index (χ3v) is 3.63. The minimum Gasteiger partial charge on any atom is -0.378 e. The van der Waals surface area contributed by atoms with E-state index in [9.17, 15) is 9.59 Å². The second-order valence-electron chi connectivity index (χ2n) is 4.99. The minimum atomic E-state index is -0.465. The van der Waals surface area contributed by atoms with Crippen LogP contribution in [0, 0.1) is 0 Å². The van der Waals surface area contributed by atoms with Crippen LogP contribution in [0.3, 0.4) is 0 Å². The lowest BCUT2D eigenvalue weighted by molar-refractivity contribution is 0.0298. The molecule has 8 heteroatoms. The van der Waals surface area contributed by atoms with Crippen molar-refractivity contribution < 1.29 is 14.3 Å². The van der Waals surface area contributed by atoms with Gasteiger partial charge in [-0.25, -0.2) is 4.79 Å². The van der Waals surface area contributed by atoms with Crippen LogP contribution in [0.5, 0.6) is 0 Å². The Labute approximate surface area is 137 Å². The highest BCUT2D eigenvalue weighted by Crippen LogP contribution is 2.15. The molecule has 0 saturated carbocycles. The summed E-state index contributed by atoms with van der Waals surface area (Å²) in [6.07, 6.45) is 1.45. The summed E-state index contributed by atoms with van der Waals surface area (Å²) in [4.78, 5) is 26.1. The fourth-order valence-corrected chi connectivity index (χ4v) is 2.42. The van der Waals surface area contributed by atoms with Gasteiger partial charge in [0.2, 0.25) is 0 Å². The molecule has 7 nitrogen and oxygen atoms in total. The molecule has 120 valence electrons. The molecule has 1 fully saturated rings. The Kier molecular flexibility index (Phi) is 4.59. The van der Waals surface area contributed by atoms with Crippen molar-refractivity contribution in [2.75, 3.05) is 31.6 Å². The van der Waals surface area contributed by atoms with Crippen LogP contribution < -0.4 is 5.32 Å². The number of hydrogen-bond donors (Lipinski definition) is 1. The van der Waals surface area contributed by atoms with Crippen molar-refractivity contribution in [2.24, 2.45) is 0 Å². The second kappa shape index (κ2) is 6.80. The van der Waals surface area contributed by atoms with Crippen LogP contribution in [0.15, 0.2) is 36.5 Å². The fraction of sp³-hybridized carbons (Fsp3) is 0.267. The molecule has 1 aromatic carbocycles. The molecule has 2 heterocycles. The van der Waals surface area contributed by atoms with Crippen molar-refractivity contribution in [1.29, 1.82) is 0 Å². The number of ether oxygens (including phenoxy) is 1. The normalized spacial score (nSPS) is 14.6. The van der Waals surface area contributed by atoms with Crippen LogP contribution in [0.1, 0.15) is 10.5 Å². The van der Waals surface area contributed by atoms with Gasteiger partial charge in [0.25, 0.3) is 5.91 Å². The zero-order chi connectivity index (χ0) is 16.2. The number of nitrogens with one attached hydrogen (secondary N) is 1. The number of morpholine rings is 1. The molecule has 0 aliphatic carbocycles. The molecule has 1 saturated heterocycles. The lowest BCUT2D eigenvalue weighted by Gasteiger charge is -2.25. The number of rotatable bonds is 2. The molecule has 2 aromatic rings. The van der Waals surface area contributed by atoms with Gasteiger partial charge in [-0.05, 0) is 24.3 Å². The Hall–Kier alpha value is -2.38. The fourth-order valence-electron chi connectivity index (χ4n) is 2.23. The Morgan fingerprint density at radius 3 is 2.74 bits per heavy atom.